The maximum absolute atomic E-state index is 12.6. The molecule has 1 N–H and O–H groups in total. The standard InChI is InChI=1S/C19H34N4O/c1-13(2)22-10-8-16(9-11-22)18(24)20-14(3)17-12-23(19(5,6)7)21-15(17)4/h12-14,16H,8-11H2,1-7H3,(H,20,24). The van der Waals surface area contributed by atoms with E-state index in [-0.39, 0.29) is 23.4 Å². The molecule has 1 aromatic rings. The van der Waals surface area contributed by atoms with E-state index in [9.17, 15) is 4.79 Å². The van der Waals surface area contributed by atoms with E-state index in [1.54, 1.807) is 0 Å². The van der Waals surface area contributed by atoms with Crippen LogP contribution in [0.4, 0.5) is 0 Å². The highest BCUT2D eigenvalue weighted by atomic mass is 16.1. The summed E-state index contributed by atoms with van der Waals surface area (Å²) < 4.78 is 1.99. The van der Waals surface area contributed by atoms with Crippen LogP contribution in [0.1, 0.15) is 71.7 Å². The minimum atomic E-state index is -0.0452. The molecule has 1 aliphatic heterocycles. The third-order valence-corrected chi connectivity index (χ3v) is 5.08. The van der Waals surface area contributed by atoms with Crippen LogP contribution in [0.3, 0.4) is 0 Å². The minimum absolute atomic E-state index is 0.00303. The zero-order valence-corrected chi connectivity index (χ0v) is 16.4. The van der Waals surface area contributed by atoms with Crippen LogP contribution in [0, 0.1) is 12.8 Å². The van der Waals surface area contributed by atoms with Gasteiger partial charge in [-0.05, 0) is 74.4 Å². The lowest BCUT2D eigenvalue weighted by atomic mass is 9.94. The fourth-order valence-electron chi connectivity index (χ4n) is 3.33. The molecule has 2 rings (SSSR count). The summed E-state index contributed by atoms with van der Waals surface area (Å²) in [6.07, 6.45) is 3.98. The summed E-state index contributed by atoms with van der Waals surface area (Å²) in [5.41, 5.74) is 2.06. The van der Waals surface area contributed by atoms with Gasteiger partial charge in [0.2, 0.25) is 5.91 Å². The number of aryl methyl sites for hydroxylation is 1. The van der Waals surface area contributed by atoms with Crippen molar-refractivity contribution in [3.05, 3.63) is 17.5 Å². The van der Waals surface area contributed by atoms with E-state index in [0.717, 1.165) is 37.2 Å². The van der Waals surface area contributed by atoms with Crippen molar-refractivity contribution in [3.63, 3.8) is 0 Å². The van der Waals surface area contributed by atoms with Crippen molar-refractivity contribution in [2.45, 2.75) is 78.9 Å². The Hall–Kier alpha value is -1.36. The van der Waals surface area contributed by atoms with Crippen LogP contribution >= 0.6 is 0 Å². The van der Waals surface area contributed by atoms with Gasteiger partial charge in [0.05, 0.1) is 17.3 Å². The summed E-state index contributed by atoms with van der Waals surface area (Å²) in [6, 6.07) is 0.565. The zero-order valence-electron chi connectivity index (χ0n) is 16.4. The normalized spacial score (nSPS) is 18.8. The van der Waals surface area contributed by atoms with Gasteiger partial charge in [-0.1, -0.05) is 0 Å². The van der Waals surface area contributed by atoms with E-state index in [4.69, 9.17) is 0 Å². The molecule has 136 valence electrons. The Kier molecular flexibility index (Phi) is 5.74. The number of hydrogen-bond donors (Lipinski definition) is 1. The van der Waals surface area contributed by atoms with E-state index in [0.29, 0.717) is 6.04 Å². The van der Waals surface area contributed by atoms with Crippen molar-refractivity contribution in [2.24, 2.45) is 5.92 Å². The number of carbonyl (C=O) groups excluding carboxylic acids is 1. The Morgan fingerprint density at radius 3 is 2.29 bits per heavy atom. The number of carbonyl (C=O) groups is 1. The molecule has 2 heterocycles. The van der Waals surface area contributed by atoms with Gasteiger partial charge in [-0.3, -0.25) is 9.48 Å². The summed E-state index contributed by atoms with van der Waals surface area (Å²) in [6.45, 7) is 16.9. The predicted octanol–water partition coefficient (Wildman–Crippen LogP) is 3.24. The monoisotopic (exact) mass is 334 g/mol. The molecule has 0 aliphatic carbocycles. The first-order valence-electron chi connectivity index (χ1n) is 9.20. The molecule has 0 bridgehead atoms. The maximum Gasteiger partial charge on any atom is 0.223 e. The van der Waals surface area contributed by atoms with Crippen molar-refractivity contribution < 1.29 is 4.79 Å². The first-order chi connectivity index (χ1) is 11.1. The average molecular weight is 335 g/mol. The highest BCUT2D eigenvalue weighted by molar-refractivity contribution is 5.79. The molecule has 1 aromatic heterocycles. The molecule has 0 saturated carbocycles. The quantitative estimate of drug-likeness (QED) is 0.919. The van der Waals surface area contributed by atoms with Crippen molar-refractivity contribution in [2.75, 3.05) is 13.1 Å². The molecule has 0 aromatic carbocycles. The molecule has 0 radical (unpaired) electrons. The Balaban J connectivity index is 1.96. The minimum Gasteiger partial charge on any atom is -0.349 e. The fourth-order valence-corrected chi connectivity index (χ4v) is 3.33. The van der Waals surface area contributed by atoms with Crippen LogP contribution in [-0.4, -0.2) is 39.7 Å². The number of piperidine rings is 1. The molecule has 1 amide bonds. The van der Waals surface area contributed by atoms with Gasteiger partial charge in [0.25, 0.3) is 0 Å². The lowest BCUT2D eigenvalue weighted by Crippen LogP contribution is -2.43. The SMILES string of the molecule is Cc1nn(C(C)(C)C)cc1C(C)NC(=O)C1CCN(C(C)C)CC1. The first-order valence-corrected chi connectivity index (χ1v) is 9.20. The van der Waals surface area contributed by atoms with Gasteiger partial charge in [-0.25, -0.2) is 0 Å². The number of hydrogen-bond acceptors (Lipinski definition) is 3. The number of nitrogens with one attached hydrogen (secondary N) is 1. The highest BCUT2D eigenvalue weighted by Crippen LogP contribution is 2.23. The number of likely N-dealkylation sites (tertiary alicyclic amines) is 1. The van der Waals surface area contributed by atoms with Crippen molar-refractivity contribution in [1.29, 1.82) is 0 Å². The number of aromatic nitrogens is 2. The highest BCUT2D eigenvalue weighted by Gasteiger charge is 2.27. The number of rotatable bonds is 4. The Bertz CT molecular complexity index is 562. The van der Waals surface area contributed by atoms with Gasteiger partial charge in [-0.2, -0.15) is 5.10 Å². The largest absolute Gasteiger partial charge is 0.349 e. The van der Waals surface area contributed by atoms with E-state index >= 15 is 0 Å². The van der Waals surface area contributed by atoms with Crippen LogP contribution in [0.25, 0.3) is 0 Å². The van der Waals surface area contributed by atoms with Gasteiger partial charge < -0.3 is 10.2 Å². The van der Waals surface area contributed by atoms with E-state index < -0.39 is 0 Å². The van der Waals surface area contributed by atoms with Gasteiger partial charge in [-0.15, -0.1) is 0 Å². The second kappa shape index (κ2) is 7.26. The number of amides is 1. The van der Waals surface area contributed by atoms with Crippen LogP contribution < -0.4 is 5.32 Å². The second-order valence-corrected chi connectivity index (χ2v) is 8.42. The van der Waals surface area contributed by atoms with Crippen LogP contribution in [0.15, 0.2) is 6.20 Å². The smallest absolute Gasteiger partial charge is 0.223 e. The Morgan fingerprint density at radius 1 is 1.25 bits per heavy atom. The topological polar surface area (TPSA) is 50.2 Å². The molecule has 1 saturated heterocycles. The van der Waals surface area contributed by atoms with Crippen molar-refractivity contribution in [1.82, 2.24) is 20.0 Å². The Morgan fingerprint density at radius 2 is 1.83 bits per heavy atom. The molecule has 0 spiro atoms. The molecular weight excluding hydrogens is 300 g/mol. The van der Waals surface area contributed by atoms with Gasteiger partial charge in [0.15, 0.2) is 0 Å². The zero-order chi connectivity index (χ0) is 18.1. The molecular formula is C19H34N4O. The van der Waals surface area contributed by atoms with Crippen molar-refractivity contribution >= 4 is 5.91 Å². The molecule has 1 atom stereocenters. The molecule has 1 aliphatic rings. The summed E-state index contributed by atoms with van der Waals surface area (Å²) >= 11 is 0. The second-order valence-electron chi connectivity index (χ2n) is 8.42. The van der Waals surface area contributed by atoms with Crippen LogP contribution in [-0.2, 0) is 10.3 Å². The summed E-state index contributed by atoms with van der Waals surface area (Å²) in [5.74, 6) is 0.328. The molecule has 1 unspecified atom stereocenters. The lowest BCUT2D eigenvalue weighted by molar-refractivity contribution is -0.127. The molecule has 5 heteroatoms. The van der Waals surface area contributed by atoms with Crippen LogP contribution in [0.2, 0.25) is 0 Å². The summed E-state index contributed by atoms with van der Waals surface area (Å²) in [7, 11) is 0. The lowest BCUT2D eigenvalue weighted by Gasteiger charge is -2.34. The first kappa shape index (κ1) is 19.0. The summed E-state index contributed by atoms with van der Waals surface area (Å²) in [4.78, 5) is 15.1. The third-order valence-electron chi connectivity index (χ3n) is 5.08. The average Bonchev–Trinajstić information content (AvgIpc) is 2.89. The molecule has 5 nitrogen and oxygen atoms in total. The Labute approximate surface area is 146 Å². The third kappa shape index (κ3) is 4.38. The van der Waals surface area contributed by atoms with Crippen LogP contribution in [0.5, 0.6) is 0 Å². The van der Waals surface area contributed by atoms with E-state index in [1.165, 1.54) is 0 Å². The van der Waals surface area contributed by atoms with Gasteiger partial charge in [0, 0.05) is 23.7 Å². The molecule has 1 fully saturated rings. The fraction of sp³-hybridized carbons (Fsp3) is 0.789. The number of nitrogens with zero attached hydrogens (tertiary/aromatic N) is 3. The maximum atomic E-state index is 12.6. The summed E-state index contributed by atoms with van der Waals surface area (Å²) in [5, 5.41) is 7.82. The van der Waals surface area contributed by atoms with E-state index in [1.807, 2.05) is 11.6 Å². The van der Waals surface area contributed by atoms with Crippen molar-refractivity contribution in [3.8, 4) is 0 Å². The van der Waals surface area contributed by atoms with E-state index in [2.05, 4.69) is 63.1 Å². The van der Waals surface area contributed by atoms with Gasteiger partial charge >= 0.3 is 0 Å². The molecule has 24 heavy (non-hydrogen) atoms. The van der Waals surface area contributed by atoms with Gasteiger partial charge in [0.1, 0.15) is 0 Å². The predicted molar refractivity (Wildman–Crippen MR) is 98.0 cm³/mol.